The quantitative estimate of drug-likeness (QED) is 0.778. The monoisotopic (exact) mass is 283 g/mol. The maximum atomic E-state index is 12.8. The van der Waals surface area contributed by atoms with Crippen LogP contribution in [0.15, 0.2) is 18.2 Å². The fourth-order valence-electron chi connectivity index (χ4n) is 3.00. The van der Waals surface area contributed by atoms with Crippen LogP contribution >= 0.6 is 0 Å². The number of hydrogen-bond donors (Lipinski definition) is 2. The van der Waals surface area contributed by atoms with Crippen molar-refractivity contribution in [3.05, 3.63) is 24.0 Å². The smallest absolute Gasteiger partial charge is 0.391 e. The minimum absolute atomic E-state index is 0.114. The Kier molecular flexibility index (Phi) is 3.11. The topological polar surface area (TPSA) is 54.7 Å². The first-order valence-corrected chi connectivity index (χ1v) is 6.76. The SMILES string of the molecule is Nc1cccc2[nH]c(C3CCCC(C(F)(F)F)C3)nc12. The summed E-state index contributed by atoms with van der Waals surface area (Å²) in [6, 6.07) is 5.39. The standard InChI is InChI=1S/C14H16F3N3/c15-14(16,17)9-4-1-3-8(7-9)13-19-11-6-2-5-10(18)12(11)20-13/h2,5-6,8-9H,1,3-4,7,18H2,(H,19,20). The highest BCUT2D eigenvalue weighted by Gasteiger charge is 2.42. The number of imidazole rings is 1. The number of anilines is 1. The summed E-state index contributed by atoms with van der Waals surface area (Å²) in [5.41, 5.74) is 7.82. The zero-order valence-corrected chi connectivity index (χ0v) is 10.9. The molecule has 1 saturated carbocycles. The molecule has 1 aromatic heterocycles. The molecule has 2 aromatic rings. The van der Waals surface area contributed by atoms with Crippen LogP contribution in [0.3, 0.4) is 0 Å². The normalized spacial score (nSPS) is 24.1. The van der Waals surface area contributed by atoms with Gasteiger partial charge in [0.05, 0.1) is 17.1 Å². The van der Waals surface area contributed by atoms with Crippen LogP contribution in [0.25, 0.3) is 11.0 Å². The molecule has 3 nitrogen and oxygen atoms in total. The number of nitrogens with two attached hydrogens (primary N) is 1. The number of aromatic amines is 1. The number of alkyl halides is 3. The second-order valence-electron chi connectivity index (χ2n) is 5.47. The minimum atomic E-state index is -4.11. The predicted octanol–water partition coefficient (Wildman–Crippen LogP) is 3.98. The van der Waals surface area contributed by atoms with Gasteiger partial charge in [0.2, 0.25) is 0 Å². The van der Waals surface area contributed by atoms with E-state index < -0.39 is 12.1 Å². The summed E-state index contributed by atoms with van der Waals surface area (Å²) < 4.78 is 38.5. The molecule has 1 aliphatic rings. The van der Waals surface area contributed by atoms with Crippen molar-refractivity contribution < 1.29 is 13.2 Å². The van der Waals surface area contributed by atoms with Crippen LogP contribution in [-0.2, 0) is 0 Å². The molecule has 3 rings (SSSR count). The third-order valence-corrected chi connectivity index (χ3v) is 4.09. The van der Waals surface area contributed by atoms with Crippen molar-refractivity contribution in [2.24, 2.45) is 5.92 Å². The summed E-state index contributed by atoms with van der Waals surface area (Å²) >= 11 is 0. The Bertz CT molecular complexity index is 618. The summed E-state index contributed by atoms with van der Waals surface area (Å²) in [4.78, 5) is 7.52. The molecule has 0 spiro atoms. The summed E-state index contributed by atoms with van der Waals surface area (Å²) in [6.45, 7) is 0. The van der Waals surface area contributed by atoms with E-state index >= 15 is 0 Å². The van der Waals surface area contributed by atoms with Crippen molar-refractivity contribution in [2.75, 3.05) is 5.73 Å². The van der Waals surface area contributed by atoms with Crippen LogP contribution in [0.1, 0.15) is 37.4 Å². The van der Waals surface area contributed by atoms with Crippen LogP contribution in [0.5, 0.6) is 0 Å². The molecule has 3 N–H and O–H groups in total. The molecular weight excluding hydrogens is 267 g/mol. The highest BCUT2D eigenvalue weighted by Crippen LogP contribution is 2.43. The molecule has 1 aromatic carbocycles. The van der Waals surface area contributed by atoms with Crippen molar-refractivity contribution in [3.8, 4) is 0 Å². The van der Waals surface area contributed by atoms with Gasteiger partial charge in [-0.2, -0.15) is 13.2 Å². The van der Waals surface area contributed by atoms with E-state index in [2.05, 4.69) is 9.97 Å². The number of para-hydroxylation sites is 1. The summed E-state index contributed by atoms with van der Waals surface area (Å²) in [6.07, 6.45) is -2.44. The largest absolute Gasteiger partial charge is 0.397 e. The second-order valence-corrected chi connectivity index (χ2v) is 5.47. The number of rotatable bonds is 1. The second kappa shape index (κ2) is 4.68. The lowest BCUT2D eigenvalue weighted by Gasteiger charge is -2.29. The first kappa shape index (κ1) is 13.3. The first-order valence-electron chi connectivity index (χ1n) is 6.76. The van der Waals surface area contributed by atoms with Crippen molar-refractivity contribution >= 4 is 16.7 Å². The van der Waals surface area contributed by atoms with E-state index in [0.29, 0.717) is 23.4 Å². The van der Waals surface area contributed by atoms with Gasteiger partial charge in [0.1, 0.15) is 11.3 Å². The van der Waals surface area contributed by atoms with E-state index in [4.69, 9.17) is 5.73 Å². The Hall–Kier alpha value is -1.72. The molecule has 1 heterocycles. The lowest BCUT2D eigenvalue weighted by molar-refractivity contribution is -0.183. The number of fused-ring (bicyclic) bond motifs is 1. The lowest BCUT2D eigenvalue weighted by atomic mass is 9.80. The van der Waals surface area contributed by atoms with Gasteiger partial charge in [-0.25, -0.2) is 4.98 Å². The van der Waals surface area contributed by atoms with Crippen LogP contribution in [0.2, 0.25) is 0 Å². The van der Waals surface area contributed by atoms with E-state index in [9.17, 15) is 13.2 Å². The van der Waals surface area contributed by atoms with Gasteiger partial charge in [0.25, 0.3) is 0 Å². The molecule has 6 heteroatoms. The van der Waals surface area contributed by atoms with Crippen molar-refractivity contribution in [2.45, 2.75) is 37.8 Å². The van der Waals surface area contributed by atoms with Gasteiger partial charge in [-0.15, -0.1) is 0 Å². The maximum absolute atomic E-state index is 12.8. The zero-order chi connectivity index (χ0) is 14.3. The van der Waals surface area contributed by atoms with E-state index in [1.54, 1.807) is 12.1 Å². The van der Waals surface area contributed by atoms with E-state index in [0.717, 1.165) is 11.9 Å². The number of halogens is 3. The zero-order valence-electron chi connectivity index (χ0n) is 10.9. The van der Waals surface area contributed by atoms with E-state index in [1.165, 1.54) is 0 Å². The number of H-pyrrole nitrogens is 1. The fourth-order valence-corrected chi connectivity index (χ4v) is 3.00. The van der Waals surface area contributed by atoms with Gasteiger partial charge in [0.15, 0.2) is 0 Å². The predicted molar refractivity (Wildman–Crippen MR) is 71.3 cm³/mol. The van der Waals surface area contributed by atoms with Gasteiger partial charge >= 0.3 is 6.18 Å². The number of nitrogen functional groups attached to an aromatic ring is 1. The highest BCUT2D eigenvalue weighted by atomic mass is 19.4. The summed E-state index contributed by atoms with van der Waals surface area (Å²) in [5.74, 6) is -0.749. The third kappa shape index (κ3) is 2.34. The van der Waals surface area contributed by atoms with Crippen LogP contribution in [0.4, 0.5) is 18.9 Å². The summed E-state index contributed by atoms with van der Waals surface area (Å²) in [7, 11) is 0. The van der Waals surface area contributed by atoms with Crippen LogP contribution < -0.4 is 5.73 Å². The molecule has 1 aliphatic carbocycles. The highest BCUT2D eigenvalue weighted by molar-refractivity contribution is 5.86. The molecule has 20 heavy (non-hydrogen) atoms. The molecule has 0 radical (unpaired) electrons. The molecule has 0 aliphatic heterocycles. The van der Waals surface area contributed by atoms with E-state index in [1.807, 2.05) is 6.07 Å². The molecule has 0 amide bonds. The Labute approximate surface area is 114 Å². The van der Waals surface area contributed by atoms with Gasteiger partial charge in [-0.05, 0) is 31.4 Å². The lowest BCUT2D eigenvalue weighted by Crippen LogP contribution is -2.28. The van der Waals surface area contributed by atoms with Gasteiger partial charge in [0, 0.05) is 5.92 Å². The number of aromatic nitrogens is 2. The fraction of sp³-hybridized carbons (Fsp3) is 0.500. The first-order chi connectivity index (χ1) is 9.45. The minimum Gasteiger partial charge on any atom is -0.397 e. The molecular formula is C14H16F3N3. The Morgan fingerprint density at radius 3 is 2.75 bits per heavy atom. The Morgan fingerprint density at radius 2 is 2.05 bits per heavy atom. The van der Waals surface area contributed by atoms with Crippen molar-refractivity contribution in [3.63, 3.8) is 0 Å². The number of benzene rings is 1. The third-order valence-electron chi connectivity index (χ3n) is 4.09. The van der Waals surface area contributed by atoms with Gasteiger partial charge in [-0.3, -0.25) is 0 Å². The number of hydrogen-bond acceptors (Lipinski definition) is 2. The molecule has 0 bridgehead atoms. The average Bonchev–Trinajstić information content (AvgIpc) is 2.83. The molecule has 0 saturated heterocycles. The van der Waals surface area contributed by atoms with Crippen LogP contribution in [0, 0.1) is 5.92 Å². The van der Waals surface area contributed by atoms with Gasteiger partial charge < -0.3 is 10.7 Å². The molecule has 108 valence electrons. The molecule has 2 atom stereocenters. The Morgan fingerprint density at radius 1 is 1.25 bits per heavy atom. The number of nitrogens with one attached hydrogen (secondary N) is 1. The van der Waals surface area contributed by atoms with Gasteiger partial charge in [-0.1, -0.05) is 12.5 Å². The number of nitrogens with zero attached hydrogens (tertiary/aromatic N) is 1. The van der Waals surface area contributed by atoms with Crippen molar-refractivity contribution in [1.82, 2.24) is 9.97 Å². The molecule has 2 unspecified atom stereocenters. The summed E-state index contributed by atoms with van der Waals surface area (Å²) in [5, 5.41) is 0. The molecule has 1 fully saturated rings. The maximum Gasteiger partial charge on any atom is 0.391 e. The van der Waals surface area contributed by atoms with E-state index in [-0.39, 0.29) is 18.8 Å². The Balaban J connectivity index is 1.89. The van der Waals surface area contributed by atoms with Crippen LogP contribution in [-0.4, -0.2) is 16.1 Å². The average molecular weight is 283 g/mol. The van der Waals surface area contributed by atoms with Crippen molar-refractivity contribution in [1.29, 1.82) is 0 Å².